The standard InChI is InChI=1S/3C5H8O3.C2H6O.Ti/c3*1-4(6)3-5(7)8-2;1-2-3;/h3*3H2,1-2H3;3H,2H2,1H3;. The topological polar surface area (TPSA) is 150 Å². The molecule has 0 atom stereocenters. The molecule has 11 heteroatoms. The number of carbonyl (C=O) groups excluding carboxylic acids is 6. The zero-order valence-corrected chi connectivity index (χ0v) is 19.0. The number of rotatable bonds is 6. The molecule has 0 saturated carbocycles. The fourth-order valence-electron chi connectivity index (χ4n) is 0.826. The van der Waals surface area contributed by atoms with Gasteiger partial charge in [-0.1, -0.05) is 0 Å². The molecule has 0 fully saturated rings. The molecule has 0 heterocycles. The van der Waals surface area contributed by atoms with E-state index in [-0.39, 0.29) is 64.9 Å². The number of aliphatic hydroxyl groups is 1. The van der Waals surface area contributed by atoms with E-state index in [2.05, 4.69) is 14.2 Å². The maximum atomic E-state index is 10.2. The molecule has 0 saturated heterocycles. The van der Waals surface area contributed by atoms with Crippen LogP contribution in [0.2, 0.25) is 0 Å². The molecule has 0 amide bonds. The Morgan fingerprint density at radius 1 is 0.607 bits per heavy atom. The quantitative estimate of drug-likeness (QED) is 0.265. The van der Waals surface area contributed by atoms with Crippen molar-refractivity contribution >= 4 is 35.3 Å². The first-order valence-corrected chi connectivity index (χ1v) is 7.71. The second kappa shape index (κ2) is 27.3. The summed E-state index contributed by atoms with van der Waals surface area (Å²) in [6.07, 6.45) is -0.344. The number of ether oxygens (including phenoxy) is 3. The van der Waals surface area contributed by atoms with Crippen molar-refractivity contribution in [1.82, 2.24) is 0 Å². The molecule has 0 aliphatic rings. The summed E-state index contributed by atoms with van der Waals surface area (Å²) < 4.78 is 12.6. The first-order valence-electron chi connectivity index (χ1n) is 7.71. The van der Waals surface area contributed by atoms with Gasteiger partial charge in [-0.2, -0.15) is 0 Å². The van der Waals surface area contributed by atoms with Crippen LogP contribution in [0, 0.1) is 0 Å². The monoisotopic (exact) mass is 442 g/mol. The van der Waals surface area contributed by atoms with Crippen LogP contribution >= 0.6 is 0 Å². The van der Waals surface area contributed by atoms with Crippen molar-refractivity contribution in [2.24, 2.45) is 0 Å². The van der Waals surface area contributed by atoms with E-state index in [1.54, 1.807) is 6.92 Å². The molecular formula is C17H30O10Ti. The van der Waals surface area contributed by atoms with Crippen LogP contribution in [0.5, 0.6) is 0 Å². The smallest absolute Gasteiger partial charge is 0.313 e. The van der Waals surface area contributed by atoms with E-state index < -0.39 is 17.9 Å². The summed E-state index contributed by atoms with van der Waals surface area (Å²) in [5.41, 5.74) is 0. The molecule has 162 valence electrons. The Labute approximate surface area is 180 Å². The summed E-state index contributed by atoms with van der Waals surface area (Å²) in [5.74, 6) is -1.93. The molecule has 0 aromatic heterocycles. The van der Waals surface area contributed by atoms with Crippen LogP contribution in [0.1, 0.15) is 47.0 Å². The number of hydrogen-bond acceptors (Lipinski definition) is 10. The van der Waals surface area contributed by atoms with E-state index in [0.29, 0.717) is 0 Å². The summed E-state index contributed by atoms with van der Waals surface area (Å²) in [4.78, 5) is 60.9. The Bertz CT molecular complexity index is 408. The van der Waals surface area contributed by atoms with E-state index in [9.17, 15) is 28.8 Å². The molecule has 10 nitrogen and oxygen atoms in total. The zero-order chi connectivity index (χ0) is 22.4. The molecule has 0 aromatic carbocycles. The molecule has 0 aliphatic heterocycles. The maximum Gasteiger partial charge on any atom is 0.313 e. The largest absolute Gasteiger partial charge is 0.469 e. The number of ketones is 3. The molecule has 1 N–H and O–H groups in total. The molecule has 28 heavy (non-hydrogen) atoms. The summed E-state index contributed by atoms with van der Waals surface area (Å²) in [5, 5.41) is 7.57. The van der Waals surface area contributed by atoms with Gasteiger partial charge in [-0.3, -0.25) is 28.8 Å². The van der Waals surface area contributed by atoms with Crippen LogP contribution < -0.4 is 0 Å². The number of hydrogen-bond donors (Lipinski definition) is 1. The minimum absolute atomic E-state index is 0. The molecule has 0 rings (SSSR count). The molecule has 0 unspecified atom stereocenters. The van der Waals surface area contributed by atoms with Gasteiger partial charge in [0.15, 0.2) is 0 Å². The number of methoxy groups -OCH3 is 3. The summed E-state index contributed by atoms with van der Waals surface area (Å²) in [6.45, 7) is 5.96. The molecule has 0 aromatic rings. The minimum Gasteiger partial charge on any atom is -0.469 e. The summed E-state index contributed by atoms with van der Waals surface area (Å²) in [6, 6.07) is 0. The van der Waals surface area contributed by atoms with Gasteiger partial charge in [0.05, 0.1) is 21.3 Å². The van der Waals surface area contributed by atoms with Gasteiger partial charge in [-0.25, -0.2) is 0 Å². The van der Waals surface area contributed by atoms with Crippen molar-refractivity contribution < 1.29 is 69.8 Å². The third kappa shape index (κ3) is 49.6. The van der Waals surface area contributed by atoms with Crippen LogP contribution in [-0.2, 0) is 64.7 Å². The SMILES string of the molecule is CCO.COC(=O)CC(C)=O.COC(=O)CC(C)=O.COC(=O)CC(C)=O.[Ti]. The fourth-order valence-corrected chi connectivity index (χ4v) is 0.826. The first kappa shape index (κ1) is 36.9. The first-order chi connectivity index (χ1) is 12.4. The van der Waals surface area contributed by atoms with E-state index in [4.69, 9.17) is 5.11 Å². The van der Waals surface area contributed by atoms with Gasteiger partial charge >= 0.3 is 17.9 Å². The third-order valence-electron chi connectivity index (χ3n) is 1.86. The predicted molar refractivity (Wildman–Crippen MR) is 94.7 cm³/mol. The van der Waals surface area contributed by atoms with Crippen molar-refractivity contribution in [3.8, 4) is 0 Å². The van der Waals surface area contributed by atoms with Crippen LogP contribution in [0.15, 0.2) is 0 Å². The average molecular weight is 442 g/mol. The zero-order valence-electron chi connectivity index (χ0n) is 17.4. The predicted octanol–water partition coefficient (Wildman–Crippen LogP) is 0.412. The van der Waals surface area contributed by atoms with Crippen LogP contribution in [0.25, 0.3) is 0 Å². The van der Waals surface area contributed by atoms with E-state index in [1.165, 1.54) is 42.1 Å². The third-order valence-corrected chi connectivity index (χ3v) is 1.86. The number of Topliss-reactive ketones (excluding diaryl/α,β-unsaturated/α-hetero) is 3. The minimum atomic E-state index is -0.475. The number of carbonyl (C=O) groups is 6. The Hall–Kier alpha value is -1.91. The number of esters is 3. The second-order valence-electron chi connectivity index (χ2n) is 4.68. The second-order valence-corrected chi connectivity index (χ2v) is 4.68. The Morgan fingerprint density at radius 2 is 0.750 bits per heavy atom. The number of aliphatic hydroxyl groups excluding tert-OH is 1. The van der Waals surface area contributed by atoms with Gasteiger partial charge in [-0.05, 0) is 27.7 Å². The maximum absolute atomic E-state index is 10.2. The van der Waals surface area contributed by atoms with Crippen LogP contribution in [0.4, 0.5) is 0 Å². The van der Waals surface area contributed by atoms with Gasteiger partial charge in [-0.15, -0.1) is 0 Å². The summed E-state index contributed by atoms with van der Waals surface area (Å²) >= 11 is 0. The molecule has 0 bridgehead atoms. The van der Waals surface area contributed by atoms with E-state index in [0.717, 1.165) is 0 Å². The van der Waals surface area contributed by atoms with Crippen LogP contribution in [0.3, 0.4) is 0 Å². The Kier molecular flexibility index (Phi) is 36.0. The van der Waals surface area contributed by atoms with E-state index in [1.807, 2.05) is 0 Å². The van der Waals surface area contributed by atoms with Crippen molar-refractivity contribution in [3.05, 3.63) is 0 Å². The Balaban J connectivity index is -0.0000000866. The van der Waals surface area contributed by atoms with Gasteiger partial charge in [0.2, 0.25) is 0 Å². The van der Waals surface area contributed by atoms with Crippen molar-refractivity contribution in [2.45, 2.75) is 47.0 Å². The normalized spacial score (nSPS) is 7.71. The van der Waals surface area contributed by atoms with Gasteiger partial charge in [0.1, 0.15) is 36.6 Å². The van der Waals surface area contributed by atoms with Crippen LogP contribution in [-0.4, -0.2) is 68.3 Å². The average Bonchev–Trinajstić information content (AvgIpc) is 2.54. The van der Waals surface area contributed by atoms with Gasteiger partial charge in [0, 0.05) is 28.3 Å². The van der Waals surface area contributed by atoms with Crippen molar-refractivity contribution in [2.75, 3.05) is 27.9 Å². The van der Waals surface area contributed by atoms with Crippen molar-refractivity contribution in [3.63, 3.8) is 0 Å². The molecule has 0 radical (unpaired) electrons. The van der Waals surface area contributed by atoms with Gasteiger partial charge < -0.3 is 19.3 Å². The molecule has 0 aliphatic carbocycles. The van der Waals surface area contributed by atoms with Gasteiger partial charge in [0.25, 0.3) is 0 Å². The molecule has 0 spiro atoms. The van der Waals surface area contributed by atoms with E-state index >= 15 is 0 Å². The Morgan fingerprint density at radius 3 is 0.786 bits per heavy atom. The molecular weight excluding hydrogens is 412 g/mol. The van der Waals surface area contributed by atoms with Crippen molar-refractivity contribution in [1.29, 1.82) is 0 Å². The summed E-state index contributed by atoms with van der Waals surface area (Å²) in [7, 11) is 3.77. The fraction of sp³-hybridized carbons (Fsp3) is 0.647.